The zero-order valence-corrected chi connectivity index (χ0v) is 11.6. The minimum atomic E-state index is -1.10. The largest absolute Gasteiger partial charge is 0.484 e. The standard InChI is InChI=1S/C13H10ClNO6/c1-7-10(13(16)17)5-9(21-7)6-20-12-4-8(15(18)19)2-3-11(12)14/h2-5H,6H2,1H3,(H,16,17). The Kier molecular flexibility index (Phi) is 4.13. The van der Waals surface area contributed by atoms with E-state index < -0.39 is 10.9 Å². The Balaban J connectivity index is 2.16. The van der Waals surface area contributed by atoms with Crippen molar-refractivity contribution >= 4 is 23.3 Å². The van der Waals surface area contributed by atoms with Gasteiger partial charge in [0.25, 0.3) is 5.69 Å². The molecule has 1 heterocycles. The SMILES string of the molecule is Cc1oc(COc2cc([N+](=O)[O-])ccc2Cl)cc1C(=O)O. The molecule has 8 heteroatoms. The van der Waals surface area contributed by atoms with Gasteiger partial charge in [0.05, 0.1) is 16.0 Å². The first-order valence-corrected chi connectivity index (χ1v) is 6.15. The molecule has 0 aliphatic carbocycles. The number of rotatable bonds is 5. The maximum absolute atomic E-state index is 10.9. The van der Waals surface area contributed by atoms with Crippen LogP contribution < -0.4 is 4.74 Å². The molecular weight excluding hydrogens is 302 g/mol. The van der Waals surface area contributed by atoms with Crippen molar-refractivity contribution in [3.63, 3.8) is 0 Å². The Bertz CT molecular complexity index is 709. The average molecular weight is 312 g/mol. The van der Waals surface area contributed by atoms with Gasteiger partial charge in [-0.1, -0.05) is 11.6 Å². The van der Waals surface area contributed by atoms with Crippen LogP contribution in [0.5, 0.6) is 5.75 Å². The lowest BCUT2D eigenvalue weighted by atomic mass is 10.2. The number of nitrogens with zero attached hydrogens (tertiary/aromatic N) is 1. The van der Waals surface area contributed by atoms with Crippen LogP contribution in [0.4, 0.5) is 5.69 Å². The van der Waals surface area contributed by atoms with E-state index in [1.807, 2.05) is 0 Å². The quantitative estimate of drug-likeness (QED) is 0.670. The molecule has 0 unspecified atom stereocenters. The number of carboxylic acids is 1. The molecule has 0 saturated carbocycles. The van der Waals surface area contributed by atoms with Gasteiger partial charge in [0.2, 0.25) is 0 Å². The van der Waals surface area contributed by atoms with Crippen LogP contribution in [0.1, 0.15) is 21.9 Å². The van der Waals surface area contributed by atoms with Crippen LogP contribution in [0.3, 0.4) is 0 Å². The second-order valence-corrected chi connectivity index (χ2v) is 4.56. The summed E-state index contributed by atoms with van der Waals surface area (Å²) in [4.78, 5) is 21.0. The molecule has 0 bridgehead atoms. The molecule has 2 rings (SSSR count). The fourth-order valence-electron chi connectivity index (χ4n) is 1.69. The van der Waals surface area contributed by atoms with Gasteiger partial charge >= 0.3 is 5.97 Å². The first kappa shape index (κ1) is 14.9. The normalized spacial score (nSPS) is 10.4. The number of carboxylic acid groups (broad SMARTS) is 1. The molecule has 0 saturated heterocycles. The molecule has 0 spiro atoms. The summed E-state index contributed by atoms with van der Waals surface area (Å²) in [5.41, 5.74) is -0.116. The van der Waals surface area contributed by atoms with Gasteiger partial charge < -0.3 is 14.3 Å². The summed E-state index contributed by atoms with van der Waals surface area (Å²) in [5, 5.41) is 19.8. The van der Waals surface area contributed by atoms with E-state index in [0.717, 1.165) is 0 Å². The highest BCUT2D eigenvalue weighted by Gasteiger charge is 2.15. The second-order valence-electron chi connectivity index (χ2n) is 4.15. The number of aryl methyl sites for hydroxylation is 1. The van der Waals surface area contributed by atoms with Crippen molar-refractivity contribution in [1.82, 2.24) is 0 Å². The molecule has 0 amide bonds. The number of carbonyl (C=O) groups is 1. The van der Waals surface area contributed by atoms with Crippen LogP contribution in [0.25, 0.3) is 0 Å². The van der Waals surface area contributed by atoms with Gasteiger partial charge in [0, 0.05) is 6.07 Å². The fraction of sp³-hybridized carbons (Fsp3) is 0.154. The minimum Gasteiger partial charge on any atom is -0.484 e. The van der Waals surface area contributed by atoms with Crippen molar-refractivity contribution in [2.24, 2.45) is 0 Å². The number of hydrogen-bond acceptors (Lipinski definition) is 5. The summed E-state index contributed by atoms with van der Waals surface area (Å²) in [5.74, 6) is -0.439. The fourth-order valence-corrected chi connectivity index (χ4v) is 1.86. The third-order valence-electron chi connectivity index (χ3n) is 2.69. The monoisotopic (exact) mass is 311 g/mol. The van der Waals surface area contributed by atoms with Crippen LogP contribution in [-0.2, 0) is 6.61 Å². The maximum Gasteiger partial charge on any atom is 0.339 e. The zero-order chi connectivity index (χ0) is 15.6. The lowest BCUT2D eigenvalue weighted by Gasteiger charge is -2.05. The summed E-state index contributed by atoms with van der Waals surface area (Å²) in [6, 6.07) is 5.14. The van der Waals surface area contributed by atoms with Crippen molar-refractivity contribution in [3.05, 3.63) is 56.5 Å². The van der Waals surface area contributed by atoms with E-state index in [-0.39, 0.29) is 40.2 Å². The predicted molar refractivity (Wildman–Crippen MR) is 72.8 cm³/mol. The molecule has 2 aromatic rings. The lowest BCUT2D eigenvalue weighted by Crippen LogP contribution is -1.97. The number of ether oxygens (including phenoxy) is 1. The molecule has 1 N–H and O–H groups in total. The number of halogens is 1. The third-order valence-corrected chi connectivity index (χ3v) is 3.01. The van der Waals surface area contributed by atoms with Crippen molar-refractivity contribution in [2.75, 3.05) is 0 Å². The molecular formula is C13H10ClNO6. The highest BCUT2D eigenvalue weighted by atomic mass is 35.5. The Hall–Kier alpha value is -2.54. The molecule has 0 radical (unpaired) electrons. The van der Waals surface area contributed by atoms with E-state index in [9.17, 15) is 14.9 Å². The molecule has 0 fully saturated rings. The second kappa shape index (κ2) is 5.84. The number of non-ortho nitro benzene ring substituents is 1. The number of benzene rings is 1. The summed E-state index contributed by atoms with van der Waals surface area (Å²) in [7, 11) is 0. The van der Waals surface area contributed by atoms with Gasteiger partial charge in [-0.3, -0.25) is 10.1 Å². The first-order valence-electron chi connectivity index (χ1n) is 5.78. The van der Waals surface area contributed by atoms with Gasteiger partial charge in [-0.25, -0.2) is 4.79 Å². The van der Waals surface area contributed by atoms with Gasteiger partial charge in [-0.15, -0.1) is 0 Å². The number of aromatic carboxylic acids is 1. The molecule has 1 aromatic carbocycles. The van der Waals surface area contributed by atoms with Gasteiger partial charge in [0.15, 0.2) is 0 Å². The van der Waals surface area contributed by atoms with Crippen LogP contribution in [-0.4, -0.2) is 16.0 Å². The molecule has 1 aromatic heterocycles. The Morgan fingerprint density at radius 3 is 2.76 bits per heavy atom. The number of nitro groups is 1. The van der Waals surface area contributed by atoms with Gasteiger partial charge in [0.1, 0.15) is 29.4 Å². The summed E-state index contributed by atoms with van der Waals surface area (Å²) >= 11 is 5.88. The Morgan fingerprint density at radius 1 is 1.48 bits per heavy atom. The van der Waals surface area contributed by atoms with Gasteiger partial charge in [-0.2, -0.15) is 0 Å². The van der Waals surface area contributed by atoms with Crippen LogP contribution >= 0.6 is 11.6 Å². The summed E-state index contributed by atoms with van der Waals surface area (Å²) in [6.07, 6.45) is 0. The van der Waals surface area contributed by atoms with E-state index in [2.05, 4.69) is 0 Å². The zero-order valence-electron chi connectivity index (χ0n) is 10.8. The van der Waals surface area contributed by atoms with E-state index in [0.29, 0.717) is 0 Å². The average Bonchev–Trinajstić information content (AvgIpc) is 2.79. The molecule has 7 nitrogen and oxygen atoms in total. The number of nitro benzene ring substituents is 1. The third kappa shape index (κ3) is 3.32. The number of hydrogen-bond donors (Lipinski definition) is 1. The van der Waals surface area contributed by atoms with Crippen LogP contribution in [0, 0.1) is 17.0 Å². The van der Waals surface area contributed by atoms with E-state index in [1.54, 1.807) is 0 Å². The molecule has 0 aliphatic rings. The highest BCUT2D eigenvalue weighted by molar-refractivity contribution is 6.32. The smallest absolute Gasteiger partial charge is 0.339 e. The maximum atomic E-state index is 10.9. The first-order chi connectivity index (χ1) is 9.88. The van der Waals surface area contributed by atoms with E-state index in [4.69, 9.17) is 25.9 Å². The molecule has 21 heavy (non-hydrogen) atoms. The van der Waals surface area contributed by atoms with Gasteiger partial charge in [-0.05, 0) is 19.1 Å². The van der Waals surface area contributed by atoms with E-state index in [1.165, 1.54) is 31.2 Å². The number of furan rings is 1. The molecule has 0 aliphatic heterocycles. The highest BCUT2D eigenvalue weighted by Crippen LogP contribution is 2.29. The van der Waals surface area contributed by atoms with Crippen LogP contribution in [0.2, 0.25) is 5.02 Å². The summed E-state index contributed by atoms with van der Waals surface area (Å²) in [6.45, 7) is 1.43. The Labute approximate surface area is 123 Å². The van der Waals surface area contributed by atoms with E-state index >= 15 is 0 Å². The summed E-state index contributed by atoms with van der Waals surface area (Å²) < 4.78 is 10.6. The van der Waals surface area contributed by atoms with Crippen molar-refractivity contribution in [1.29, 1.82) is 0 Å². The minimum absolute atomic E-state index is 0.0405. The van der Waals surface area contributed by atoms with Crippen molar-refractivity contribution in [2.45, 2.75) is 13.5 Å². The Morgan fingerprint density at radius 2 is 2.19 bits per heavy atom. The lowest BCUT2D eigenvalue weighted by molar-refractivity contribution is -0.384. The molecule has 0 atom stereocenters. The molecule has 110 valence electrons. The van der Waals surface area contributed by atoms with Crippen molar-refractivity contribution in [3.8, 4) is 5.75 Å². The topological polar surface area (TPSA) is 103 Å². The van der Waals surface area contributed by atoms with Crippen molar-refractivity contribution < 1.29 is 24.0 Å². The van der Waals surface area contributed by atoms with Crippen LogP contribution in [0.15, 0.2) is 28.7 Å². The predicted octanol–water partition coefficient (Wildman–Crippen LogP) is 3.43.